The molecule has 2 rings (SSSR count). The monoisotopic (exact) mass is 318 g/mol. The first kappa shape index (κ1) is 18.6. The Bertz CT molecular complexity index is 330. The van der Waals surface area contributed by atoms with E-state index in [1.165, 1.54) is 77.0 Å². The van der Waals surface area contributed by atoms with Crippen LogP contribution in [0.4, 0.5) is 0 Å². The van der Waals surface area contributed by atoms with Crippen LogP contribution >= 0.6 is 0 Å². The van der Waals surface area contributed by atoms with Crippen molar-refractivity contribution in [3.8, 4) is 0 Å². The van der Waals surface area contributed by atoms with Gasteiger partial charge in [0.25, 0.3) is 0 Å². The van der Waals surface area contributed by atoms with Crippen LogP contribution in [0.15, 0.2) is 25.0 Å². The van der Waals surface area contributed by atoms with Crippen LogP contribution in [0.3, 0.4) is 0 Å². The van der Waals surface area contributed by atoms with E-state index in [1.807, 2.05) is 6.26 Å². The minimum atomic E-state index is 0.495. The van der Waals surface area contributed by atoms with E-state index in [0.29, 0.717) is 6.10 Å². The molecule has 0 aromatic carbocycles. The molecule has 0 bridgehead atoms. The molecule has 0 heterocycles. The first-order chi connectivity index (χ1) is 11.3. The summed E-state index contributed by atoms with van der Waals surface area (Å²) in [7, 11) is 0. The molecule has 0 aromatic heterocycles. The van der Waals surface area contributed by atoms with E-state index >= 15 is 0 Å². The fraction of sp³-hybridized carbons (Fsp3) is 0.818. The van der Waals surface area contributed by atoms with Crippen LogP contribution in [0.25, 0.3) is 0 Å². The lowest BCUT2D eigenvalue weighted by Crippen LogP contribution is -2.21. The predicted molar refractivity (Wildman–Crippen MR) is 100 cm³/mol. The van der Waals surface area contributed by atoms with Crippen LogP contribution < -0.4 is 0 Å². The summed E-state index contributed by atoms with van der Waals surface area (Å²) in [4.78, 5) is 0. The standard InChI is InChI=1S/C22H38O/c1-3-5-7-19-8-10-20(11-9-19)12-13-21-14-16-22(17-15-21)23-18-6-4-2/h3,6,18-22H,1,4-5,7-17H2,2H3. The Morgan fingerprint density at radius 1 is 0.826 bits per heavy atom. The summed E-state index contributed by atoms with van der Waals surface area (Å²) in [5.41, 5.74) is 0. The maximum atomic E-state index is 5.82. The number of ether oxygens (including phenoxy) is 1. The largest absolute Gasteiger partial charge is 0.498 e. The van der Waals surface area contributed by atoms with Crippen molar-refractivity contribution in [2.75, 3.05) is 0 Å². The molecule has 0 spiro atoms. The molecular weight excluding hydrogens is 280 g/mol. The molecule has 0 saturated heterocycles. The molecule has 0 unspecified atom stereocenters. The number of hydrogen-bond acceptors (Lipinski definition) is 1. The Labute approximate surface area is 144 Å². The van der Waals surface area contributed by atoms with Crippen LogP contribution in [0.5, 0.6) is 0 Å². The smallest absolute Gasteiger partial charge is 0.0978 e. The summed E-state index contributed by atoms with van der Waals surface area (Å²) in [6, 6.07) is 0. The molecule has 132 valence electrons. The molecule has 2 fully saturated rings. The van der Waals surface area contributed by atoms with Crippen molar-refractivity contribution in [1.29, 1.82) is 0 Å². The summed E-state index contributed by atoms with van der Waals surface area (Å²) >= 11 is 0. The van der Waals surface area contributed by atoms with Crippen LogP contribution in [0.1, 0.15) is 90.4 Å². The van der Waals surface area contributed by atoms with Gasteiger partial charge in [0, 0.05) is 0 Å². The van der Waals surface area contributed by atoms with Crippen LogP contribution in [-0.4, -0.2) is 6.10 Å². The van der Waals surface area contributed by atoms with Gasteiger partial charge in [-0.2, -0.15) is 0 Å². The molecule has 1 nitrogen and oxygen atoms in total. The molecule has 0 aromatic rings. The van der Waals surface area contributed by atoms with Crippen LogP contribution in [0, 0.1) is 17.8 Å². The minimum absolute atomic E-state index is 0.495. The van der Waals surface area contributed by atoms with Gasteiger partial charge in [-0.05, 0) is 62.7 Å². The van der Waals surface area contributed by atoms with Gasteiger partial charge >= 0.3 is 0 Å². The molecule has 2 aliphatic rings. The third kappa shape index (κ3) is 7.14. The van der Waals surface area contributed by atoms with Gasteiger partial charge in [0.15, 0.2) is 0 Å². The van der Waals surface area contributed by atoms with E-state index in [9.17, 15) is 0 Å². The lowest BCUT2D eigenvalue weighted by molar-refractivity contribution is 0.0837. The van der Waals surface area contributed by atoms with Gasteiger partial charge in [-0.15, -0.1) is 6.58 Å². The van der Waals surface area contributed by atoms with Gasteiger partial charge in [0.2, 0.25) is 0 Å². The fourth-order valence-corrected chi connectivity index (χ4v) is 4.45. The van der Waals surface area contributed by atoms with Crippen molar-refractivity contribution in [3.05, 3.63) is 25.0 Å². The summed E-state index contributed by atoms with van der Waals surface area (Å²) in [5.74, 6) is 2.99. The summed E-state index contributed by atoms with van der Waals surface area (Å²) in [6.07, 6.45) is 24.5. The molecule has 0 aliphatic heterocycles. The molecule has 23 heavy (non-hydrogen) atoms. The highest BCUT2D eigenvalue weighted by atomic mass is 16.5. The lowest BCUT2D eigenvalue weighted by Gasteiger charge is -2.31. The molecule has 2 aliphatic carbocycles. The third-order valence-corrected chi connectivity index (χ3v) is 6.13. The normalized spacial score (nSPS) is 32.0. The molecule has 2 saturated carbocycles. The second-order valence-electron chi connectivity index (χ2n) is 7.89. The van der Waals surface area contributed by atoms with E-state index in [-0.39, 0.29) is 0 Å². The topological polar surface area (TPSA) is 9.23 Å². The van der Waals surface area contributed by atoms with E-state index in [2.05, 4.69) is 25.7 Å². The maximum absolute atomic E-state index is 5.82. The zero-order valence-electron chi connectivity index (χ0n) is 15.3. The van der Waals surface area contributed by atoms with E-state index in [4.69, 9.17) is 4.74 Å². The second kappa shape index (κ2) is 10.9. The van der Waals surface area contributed by atoms with Crippen LogP contribution in [-0.2, 0) is 4.74 Å². The Morgan fingerprint density at radius 2 is 1.35 bits per heavy atom. The van der Waals surface area contributed by atoms with Gasteiger partial charge in [-0.3, -0.25) is 0 Å². The summed E-state index contributed by atoms with van der Waals surface area (Å²) in [5, 5.41) is 0. The highest BCUT2D eigenvalue weighted by molar-refractivity contribution is 4.80. The molecule has 0 amide bonds. The Hall–Kier alpha value is -0.720. The quantitative estimate of drug-likeness (QED) is 0.327. The maximum Gasteiger partial charge on any atom is 0.0978 e. The van der Waals surface area contributed by atoms with Crippen molar-refractivity contribution in [3.63, 3.8) is 0 Å². The highest BCUT2D eigenvalue weighted by Crippen LogP contribution is 2.37. The van der Waals surface area contributed by atoms with Gasteiger partial charge in [0.1, 0.15) is 0 Å². The SMILES string of the molecule is C=CCCC1CCC(CCC2CCC(OC=CCC)CC2)CC1. The lowest BCUT2D eigenvalue weighted by atomic mass is 9.76. The molecule has 0 N–H and O–H groups in total. The average molecular weight is 319 g/mol. The molecule has 1 heteroatoms. The molecular formula is C22H38O. The number of rotatable bonds is 9. The Morgan fingerprint density at radius 3 is 1.87 bits per heavy atom. The Kier molecular flexibility index (Phi) is 8.86. The molecule has 0 radical (unpaired) electrons. The summed E-state index contributed by atoms with van der Waals surface area (Å²) in [6.45, 7) is 6.01. The highest BCUT2D eigenvalue weighted by Gasteiger charge is 2.24. The second-order valence-corrected chi connectivity index (χ2v) is 7.89. The van der Waals surface area contributed by atoms with Crippen molar-refractivity contribution in [2.24, 2.45) is 17.8 Å². The first-order valence-corrected chi connectivity index (χ1v) is 10.2. The molecule has 0 atom stereocenters. The number of allylic oxidation sites excluding steroid dienone is 2. The van der Waals surface area contributed by atoms with Gasteiger partial charge in [0.05, 0.1) is 12.4 Å². The van der Waals surface area contributed by atoms with E-state index < -0.39 is 0 Å². The van der Waals surface area contributed by atoms with Crippen LogP contribution in [0.2, 0.25) is 0 Å². The first-order valence-electron chi connectivity index (χ1n) is 10.2. The van der Waals surface area contributed by atoms with Gasteiger partial charge in [-0.1, -0.05) is 57.6 Å². The summed E-state index contributed by atoms with van der Waals surface area (Å²) < 4.78 is 5.82. The zero-order valence-corrected chi connectivity index (χ0v) is 15.3. The zero-order chi connectivity index (χ0) is 16.3. The Balaban J connectivity index is 1.54. The van der Waals surface area contributed by atoms with Crippen molar-refractivity contribution in [1.82, 2.24) is 0 Å². The predicted octanol–water partition coefficient (Wildman–Crippen LogP) is 7.04. The van der Waals surface area contributed by atoms with E-state index in [1.54, 1.807) is 0 Å². The average Bonchev–Trinajstić information content (AvgIpc) is 2.60. The van der Waals surface area contributed by atoms with Gasteiger partial charge < -0.3 is 4.74 Å². The van der Waals surface area contributed by atoms with Gasteiger partial charge in [-0.25, -0.2) is 0 Å². The van der Waals surface area contributed by atoms with E-state index in [0.717, 1.165) is 24.2 Å². The van der Waals surface area contributed by atoms with Crippen molar-refractivity contribution in [2.45, 2.75) is 96.5 Å². The number of hydrogen-bond donors (Lipinski definition) is 0. The third-order valence-electron chi connectivity index (χ3n) is 6.13. The fourth-order valence-electron chi connectivity index (χ4n) is 4.45. The van der Waals surface area contributed by atoms with Crippen molar-refractivity contribution >= 4 is 0 Å². The minimum Gasteiger partial charge on any atom is -0.498 e. The van der Waals surface area contributed by atoms with Crippen molar-refractivity contribution < 1.29 is 4.74 Å².